The third kappa shape index (κ3) is 2.90. The monoisotopic (exact) mass is 197 g/mol. The molecule has 78 valence electrons. The summed E-state index contributed by atoms with van der Waals surface area (Å²) in [5, 5.41) is 18.9. The van der Waals surface area contributed by atoms with Gasteiger partial charge in [-0.05, 0) is 19.1 Å². The first-order valence-electron chi connectivity index (χ1n) is 4.38. The van der Waals surface area contributed by atoms with Gasteiger partial charge in [-0.2, -0.15) is 0 Å². The fourth-order valence-electron chi connectivity index (χ4n) is 0.871. The van der Waals surface area contributed by atoms with Crippen LogP contribution in [0.4, 0.5) is 0 Å². The van der Waals surface area contributed by atoms with E-state index < -0.39 is 5.60 Å². The summed E-state index contributed by atoms with van der Waals surface area (Å²) in [4.78, 5) is 0. The molecular formula is C10H15NO3. The molecule has 0 aliphatic rings. The average Bonchev–Trinajstić information content (AvgIpc) is 2.17. The number of rotatable bonds is 4. The molecule has 0 spiro atoms. The Balaban J connectivity index is 2.58. The standard InChI is InChI=1S/C10H15NO3/c1-10(13,6-11)7-14-9-5-3-2-4-8(9)12/h2-5,12-13H,6-7,11H2,1H3. The minimum Gasteiger partial charge on any atom is -0.504 e. The van der Waals surface area contributed by atoms with E-state index in [2.05, 4.69) is 0 Å². The van der Waals surface area contributed by atoms with Gasteiger partial charge in [-0.3, -0.25) is 0 Å². The van der Waals surface area contributed by atoms with E-state index in [0.29, 0.717) is 5.75 Å². The number of ether oxygens (including phenoxy) is 1. The number of phenolic OH excluding ortho intramolecular Hbond substituents is 1. The molecule has 0 fully saturated rings. The minimum absolute atomic E-state index is 0.0559. The number of benzene rings is 1. The van der Waals surface area contributed by atoms with Crippen LogP contribution in [0, 0.1) is 0 Å². The molecule has 0 heterocycles. The van der Waals surface area contributed by atoms with E-state index in [9.17, 15) is 10.2 Å². The number of aliphatic hydroxyl groups is 1. The molecule has 1 atom stereocenters. The summed E-state index contributed by atoms with van der Waals surface area (Å²) in [7, 11) is 0. The third-order valence-electron chi connectivity index (χ3n) is 1.84. The van der Waals surface area contributed by atoms with Crippen LogP contribution in [0.1, 0.15) is 6.92 Å². The van der Waals surface area contributed by atoms with Crippen molar-refractivity contribution in [3.63, 3.8) is 0 Å². The van der Waals surface area contributed by atoms with Gasteiger partial charge in [0.1, 0.15) is 12.2 Å². The maximum atomic E-state index is 9.54. The molecule has 1 unspecified atom stereocenters. The molecule has 0 saturated carbocycles. The maximum Gasteiger partial charge on any atom is 0.161 e. The van der Waals surface area contributed by atoms with Gasteiger partial charge < -0.3 is 20.7 Å². The lowest BCUT2D eigenvalue weighted by Gasteiger charge is -2.21. The Labute approximate surface area is 82.9 Å². The molecule has 0 bridgehead atoms. The lowest BCUT2D eigenvalue weighted by Crippen LogP contribution is -2.40. The van der Waals surface area contributed by atoms with Crippen molar-refractivity contribution in [2.75, 3.05) is 13.2 Å². The maximum absolute atomic E-state index is 9.54. The molecule has 0 aliphatic carbocycles. The van der Waals surface area contributed by atoms with Gasteiger partial charge in [0.2, 0.25) is 0 Å². The van der Waals surface area contributed by atoms with E-state index in [1.54, 1.807) is 25.1 Å². The van der Waals surface area contributed by atoms with Gasteiger partial charge in [0.25, 0.3) is 0 Å². The van der Waals surface area contributed by atoms with Crippen LogP contribution in [0.25, 0.3) is 0 Å². The second-order valence-electron chi connectivity index (χ2n) is 3.46. The molecule has 0 aromatic heterocycles. The van der Waals surface area contributed by atoms with Crippen molar-refractivity contribution in [1.82, 2.24) is 0 Å². The second-order valence-corrected chi connectivity index (χ2v) is 3.46. The summed E-state index contributed by atoms with van der Waals surface area (Å²) in [6.45, 7) is 1.74. The Morgan fingerprint density at radius 1 is 1.43 bits per heavy atom. The molecule has 14 heavy (non-hydrogen) atoms. The molecule has 0 radical (unpaired) electrons. The van der Waals surface area contributed by atoms with E-state index >= 15 is 0 Å². The summed E-state index contributed by atoms with van der Waals surface area (Å²) in [6.07, 6.45) is 0. The fourth-order valence-corrected chi connectivity index (χ4v) is 0.871. The van der Waals surface area contributed by atoms with E-state index in [1.807, 2.05) is 0 Å². The van der Waals surface area contributed by atoms with Crippen molar-refractivity contribution >= 4 is 0 Å². The average molecular weight is 197 g/mol. The van der Waals surface area contributed by atoms with E-state index in [-0.39, 0.29) is 18.9 Å². The van der Waals surface area contributed by atoms with Crippen molar-refractivity contribution in [1.29, 1.82) is 0 Å². The van der Waals surface area contributed by atoms with Crippen LogP contribution in [0.5, 0.6) is 11.5 Å². The Morgan fingerprint density at radius 2 is 2.07 bits per heavy atom. The first-order chi connectivity index (χ1) is 6.55. The molecule has 0 saturated heterocycles. The van der Waals surface area contributed by atoms with Crippen LogP contribution in [-0.4, -0.2) is 29.0 Å². The zero-order valence-electron chi connectivity index (χ0n) is 8.10. The number of aromatic hydroxyl groups is 1. The first-order valence-corrected chi connectivity index (χ1v) is 4.38. The van der Waals surface area contributed by atoms with Gasteiger partial charge in [-0.1, -0.05) is 12.1 Å². The van der Waals surface area contributed by atoms with Gasteiger partial charge in [0.05, 0.1) is 0 Å². The topological polar surface area (TPSA) is 75.7 Å². The SMILES string of the molecule is CC(O)(CN)COc1ccccc1O. The third-order valence-corrected chi connectivity index (χ3v) is 1.84. The van der Waals surface area contributed by atoms with Gasteiger partial charge in [0, 0.05) is 6.54 Å². The van der Waals surface area contributed by atoms with E-state index in [4.69, 9.17) is 10.5 Å². The molecule has 4 nitrogen and oxygen atoms in total. The van der Waals surface area contributed by atoms with Crippen molar-refractivity contribution < 1.29 is 14.9 Å². The van der Waals surface area contributed by atoms with Gasteiger partial charge in [0.15, 0.2) is 11.5 Å². The Kier molecular flexibility index (Phi) is 3.33. The molecular weight excluding hydrogens is 182 g/mol. The van der Waals surface area contributed by atoms with E-state index in [1.165, 1.54) is 6.07 Å². The van der Waals surface area contributed by atoms with Crippen LogP contribution < -0.4 is 10.5 Å². The normalized spacial score (nSPS) is 14.8. The summed E-state index contributed by atoms with van der Waals surface area (Å²) in [5.74, 6) is 0.404. The zero-order valence-corrected chi connectivity index (χ0v) is 8.10. The number of hydrogen-bond donors (Lipinski definition) is 3. The highest BCUT2D eigenvalue weighted by Crippen LogP contribution is 2.24. The first kappa shape index (κ1) is 10.8. The number of phenols is 1. The highest BCUT2D eigenvalue weighted by atomic mass is 16.5. The number of hydrogen-bond acceptors (Lipinski definition) is 4. The number of nitrogens with two attached hydrogens (primary N) is 1. The van der Waals surface area contributed by atoms with Gasteiger partial charge in [-0.25, -0.2) is 0 Å². The van der Waals surface area contributed by atoms with Gasteiger partial charge >= 0.3 is 0 Å². The summed E-state index contributed by atoms with van der Waals surface area (Å²) < 4.78 is 5.21. The van der Waals surface area contributed by atoms with E-state index in [0.717, 1.165) is 0 Å². The van der Waals surface area contributed by atoms with Crippen LogP contribution in [-0.2, 0) is 0 Å². The Bertz CT molecular complexity index is 299. The number of para-hydroxylation sites is 2. The lowest BCUT2D eigenvalue weighted by atomic mass is 10.1. The molecule has 0 aliphatic heterocycles. The van der Waals surface area contributed by atoms with Crippen LogP contribution in [0.2, 0.25) is 0 Å². The lowest BCUT2D eigenvalue weighted by molar-refractivity contribution is 0.0188. The molecule has 4 heteroatoms. The molecule has 1 aromatic carbocycles. The molecule has 1 aromatic rings. The van der Waals surface area contributed by atoms with Crippen LogP contribution in [0.15, 0.2) is 24.3 Å². The quantitative estimate of drug-likeness (QED) is 0.656. The van der Waals surface area contributed by atoms with Crippen LogP contribution >= 0.6 is 0 Å². The minimum atomic E-state index is -1.07. The summed E-state index contributed by atoms with van der Waals surface area (Å²) in [6, 6.07) is 6.59. The highest BCUT2D eigenvalue weighted by Gasteiger charge is 2.19. The summed E-state index contributed by atoms with van der Waals surface area (Å²) >= 11 is 0. The van der Waals surface area contributed by atoms with Crippen molar-refractivity contribution in [2.24, 2.45) is 5.73 Å². The predicted octanol–water partition coefficient (Wildman–Crippen LogP) is 0.481. The fraction of sp³-hybridized carbons (Fsp3) is 0.400. The van der Waals surface area contributed by atoms with Crippen molar-refractivity contribution in [3.8, 4) is 11.5 Å². The molecule has 1 rings (SSSR count). The van der Waals surface area contributed by atoms with Gasteiger partial charge in [-0.15, -0.1) is 0 Å². The van der Waals surface area contributed by atoms with Crippen molar-refractivity contribution in [3.05, 3.63) is 24.3 Å². The summed E-state index contributed by atoms with van der Waals surface area (Å²) in [5.41, 5.74) is 4.25. The zero-order chi connectivity index (χ0) is 10.6. The largest absolute Gasteiger partial charge is 0.504 e. The molecule has 4 N–H and O–H groups in total. The molecule has 0 amide bonds. The second kappa shape index (κ2) is 4.30. The predicted molar refractivity (Wildman–Crippen MR) is 53.3 cm³/mol. The van der Waals surface area contributed by atoms with Crippen LogP contribution in [0.3, 0.4) is 0 Å². The Hall–Kier alpha value is -1.26. The van der Waals surface area contributed by atoms with Crippen molar-refractivity contribution in [2.45, 2.75) is 12.5 Å². The highest BCUT2D eigenvalue weighted by molar-refractivity contribution is 5.37. The smallest absolute Gasteiger partial charge is 0.161 e. The Morgan fingerprint density at radius 3 is 2.64 bits per heavy atom.